The van der Waals surface area contributed by atoms with Gasteiger partial charge in [0.1, 0.15) is 11.6 Å². The van der Waals surface area contributed by atoms with Crippen LogP contribution in [0.5, 0.6) is 0 Å². The number of hydrogen-bond acceptors (Lipinski definition) is 6. The van der Waals surface area contributed by atoms with Crippen LogP contribution >= 0.6 is 0 Å². The molecule has 8 heteroatoms. The molecular formula is C33H88O6S2. The van der Waals surface area contributed by atoms with Crippen molar-refractivity contribution < 1.29 is 26.4 Å². The van der Waals surface area contributed by atoms with Crippen LogP contribution in [0.25, 0.3) is 0 Å². The molecule has 0 bridgehead atoms. The summed E-state index contributed by atoms with van der Waals surface area (Å²) in [5, 5.41) is 0. The summed E-state index contributed by atoms with van der Waals surface area (Å²) in [5.74, 6) is 0.410. The summed E-state index contributed by atoms with van der Waals surface area (Å²) in [4.78, 5) is 19.9. The topological polar surface area (TPSA) is 86.7 Å². The maximum Gasteiger partial charge on any atom is 0.152 e. The van der Waals surface area contributed by atoms with E-state index in [9.17, 15) is 18.0 Å². The van der Waals surface area contributed by atoms with Gasteiger partial charge in [0.25, 0.3) is 0 Å². The number of Topliss-reactive ketones (excluding diaryl/α,β-unsaturated/α-hetero) is 2. The molecule has 0 fully saturated rings. The molecule has 0 aromatic rings. The summed E-state index contributed by atoms with van der Waals surface area (Å²) in [6, 6.07) is 0. The third-order valence-corrected chi connectivity index (χ3v) is 2.86. The third kappa shape index (κ3) is 354. The predicted molar refractivity (Wildman–Crippen MR) is 200 cm³/mol. The van der Waals surface area contributed by atoms with Gasteiger partial charge < -0.3 is 4.79 Å². The van der Waals surface area contributed by atoms with Gasteiger partial charge in [-0.05, 0) is 41.5 Å². The summed E-state index contributed by atoms with van der Waals surface area (Å²) < 4.78 is 29.2. The molecule has 0 N–H and O–H groups in total. The molecule has 0 aliphatic carbocycles. The van der Waals surface area contributed by atoms with E-state index in [1.165, 1.54) is 33.5 Å². The fourth-order valence-corrected chi connectivity index (χ4v) is 1.06. The van der Waals surface area contributed by atoms with Gasteiger partial charge in [-0.25, -0.2) is 8.42 Å². The fraction of sp³-hybridized carbons (Fsp3) is 0.939. The normalized spacial score (nSPS) is 8.68. The van der Waals surface area contributed by atoms with Crippen LogP contribution in [0.3, 0.4) is 0 Å². The Morgan fingerprint density at radius 1 is 0.512 bits per heavy atom. The molecule has 0 heterocycles. The molecule has 2 unspecified atom stereocenters. The Bertz CT molecular complexity index is 396. The third-order valence-electron chi connectivity index (χ3n) is 1.66. The predicted octanol–water partition coefficient (Wildman–Crippen LogP) is 12.1. The van der Waals surface area contributed by atoms with Crippen molar-refractivity contribution in [1.82, 2.24) is 0 Å². The Morgan fingerprint density at radius 2 is 0.634 bits per heavy atom. The second-order valence-corrected chi connectivity index (χ2v) is 8.99. The molecule has 0 radical (unpaired) electrons. The van der Waals surface area contributed by atoms with E-state index in [1.807, 2.05) is 152 Å². The standard InChI is InChI=1S/C6H12O.C5H12O2S.C3H6O.C2H6O2S.8C2H6.CH4/c1-5(7)6(2,3)4;1-5(2,3)7-8(4)6;1-3(2)4;1-4-5(2)3;8*1-2;/h1-4H3;1-4H3;1-2H3;1-2H3;8*1-2H3;1H4. The monoisotopic (exact) mass is 645 g/mol. The van der Waals surface area contributed by atoms with Crippen molar-refractivity contribution in [3.63, 3.8) is 0 Å². The molecular weight excluding hydrogens is 556 g/mol. The van der Waals surface area contributed by atoms with Crippen LogP contribution < -0.4 is 0 Å². The van der Waals surface area contributed by atoms with E-state index in [-0.39, 0.29) is 30.0 Å². The van der Waals surface area contributed by atoms with Gasteiger partial charge in [0.2, 0.25) is 0 Å². The van der Waals surface area contributed by atoms with Gasteiger partial charge in [0, 0.05) is 17.9 Å². The van der Waals surface area contributed by atoms with E-state index in [0.717, 1.165) is 0 Å². The minimum Gasteiger partial charge on any atom is -0.300 e. The molecule has 2 atom stereocenters. The summed E-state index contributed by atoms with van der Waals surface area (Å²) >= 11 is -2.21. The van der Waals surface area contributed by atoms with Crippen molar-refractivity contribution in [1.29, 1.82) is 0 Å². The molecule has 0 spiro atoms. The number of carbonyl (C=O) groups is 2. The van der Waals surface area contributed by atoms with Crippen molar-refractivity contribution in [2.75, 3.05) is 19.6 Å². The van der Waals surface area contributed by atoms with Crippen molar-refractivity contribution >= 4 is 33.7 Å². The van der Waals surface area contributed by atoms with Crippen LogP contribution in [-0.2, 0) is 40.1 Å². The lowest BCUT2D eigenvalue weighted by atomic mass is 9.92. The van der Waals surface area contributed by atoms with Crippen LogP contribution in [0.4, 0.5) is 0 Å². The van der Waals surface area contributed by atoms with Gasteiger partial charge >= 0.3 is 0 Å². The van der Waals surface area contributed by atoms with Crippen molar-refractivity contribution in [2.45, 2.75) is 186 Å². The van der Waals surface area contributed by atoms with Gasteiger partial charge in [-0.2, -0.15) is 0 Å². The molecule has 6 nitrogen and oxygen atoms in total. The lowest BCUT2D eigenvalue weighted by Gasteiger charge is -2.15. The molecule has 0 saturated heterocycles. The van der Waals surface area contributed by atoms with E-state index >= 15 is 0 Å². The summed E-state index contributed by atoms with van der Waals surface area (Å²) in [6.45, 7) is 48.0. The Kier molecular flexibility index (Phi) is 184. The molecule has 0 aromatic heterocycles. The van der Waals surface area contributed by atoms with Crippen molar-refractivity contribution in [2.24, 2.45) is 5.41 Å². The van der Waals surface area contributed by atoms with Gasteiger partial charge in [-0.3, -0.25) is 13.2 Å². The zero-order valence-electron chi connectivity index (χ0n) is 33.3. The number of carbonyl (C=O) groups excluding carboxylic acids is 2. The average molecular weight is 645 g/mol. The zero-order valence-corrected chi connectivity index (χ0v) is 34.9. The summed E-state index contributed by atoms with van der Waals surface area (Å²) in [7, 11) is 1.40. The molecule has 41 heavy (non-hydrogen) atoms. The summed E-state index contributed by atoms with van der Waals surface area (Å²) in [6.07, 6.45) is 2.99. The molecule has 0 aliphatic rings. The zero-order chi connectivity index (χ0) is 36.7. The van der Waals surface area contributed by atoms with Gasteiger partial charge in [-0.1, -0.05) is 139 Å². The first kappa shape index (κ1) is 83.6. The molecule has 0 aliphatic heterocycles. The number of ketones is 2. The second-order valence-electron chi connectivity index (χ2n) is 6.88. The van der Waals surface area contributed by atoms with Crippen LogP contribution in [0.1, 0.15) is 181 Å². The minimum atomic E-state index is -1.14. The second kappa shape index (κ2) is 90.0. The molecule has 0 aromatic carbocycles. The highest BCUT2D eigenvalue weighted by Gasteiger charge is 2.14. The van der Waals surface area contributed by atoms with Crippen molar-refractivity contribution in [3.05, 3.63) is 0 Å². The largest absolute Gasteiger partial charge is 0.300 e. The highest BCUT2D eigenvalue weighted by Crippen LogP contribution is 2.12. The Balaban J connectivity index is -0.0000000200. The maximum absolute atomic E-state index is 10.5. The van der Waals surface area contributed by atoms with Crippen LogP contribution in [0.15, 0.2) is 0 Å². The van der Waals surface area contributed by atoms with Crippen LogP contribution in [0.2, 0.25) is 0 Å². The average Bonchev–Trinajstić information content (AvgIpc) is 2.92. The molecule has 0 rings (SSSR count). The van der Waals surface area contributed by atoms with E-state index in [4.69, 9.17) is 4.18 Å². The minimum absolute atomic E-state index is 0. The highest BCUT2D eigenvalue weighted by molar-refractivity contribution is 7.79. The molecule has 268 valence electrons. The fourth-order valence-electron chi connectivity index (χ4n) is 0.352. The Hall–Kier alpha value is -0.440. The first-order valence-electron chi connectivity index (χ1n) is 15.3. The SMILES string of the molecule is C.CC.CC.CC.CC.CC.CC.CC.CC.CC(=O)C(C)(C)C.CC(C)=O.COS(C)=O.CS(=O)OC(C)(C)C. The van der Waals surface area contributed by atoms with Crippen molar-refractivity contribution in [3.8, 4) is 0 Å². The van der Waals surface area contributed by atoms with Crippen LogP contribution in [0, 0.1) is 5.41 Å². The lowest BCUT2D eigenvalue weighted by Crippen LogP contribution is -2.19. The van der Waals surface area contributed by atoms with Gasteiger partial charge in [0.15, 0.2) is 22.2 Å². The first-order chi connectivity index (χ1) is 18.4. The molecule has 0 saturated carbocycles. The van der Waals surface area contributed by atoms with E-state index < -0.39 is 22.2 Å². The quantitative estimate of drug-likeness (QED) is 0.297. The maximum atomic E-state index is 10.5. The first-order valence-corrected chi connectivity index (χ1v) is 18.2. The number of hydrogen-bond donors (Lipinski definition) is 0. The van der Waals surface area contributed by atoms with E-state index in [2.05, 4.69) is 4.18 Å². The molecule has 0 amide bonds. The lowest BCUT2D eigenvalue weighted by molar-refractivity contribution is -0.124. The Labute approximate surface area is 270 Å². The van der Waals surface area contributed by atoms with E-state index in [1.54, 1.807) is 6.92 Å². The smallest absolute Gasteiger partial charge is 0.152 e. The summed E-state index contributed by atoms with van der Waals surface area (Å²) in [5.41, 5.74) is -0.417. The van der Waals surface area contributed by atoms with Crippen LogP contribution in [-0.4, -0.2) is 45.2 Å². The highest BCUT2D eigenvalue weighted by atomic mass is 32.2. The van der Waals surface area contributed by atoms with Gasteiger partial charge in [-0.15, -0.1) is 0 Å². The number of rotatable bonds is 2. The van der Waals surface area contributed by atoms with E-state index in [0.29, 0.717) is 0 Å². The van der Waals surface area contributed by atoms with Gasteiger partial charge in [0.05, 0.1) is 12.7 Å². The Morgan fingerprint density at radius 3 is 0.634 bits per heavy atom.